The Morgan fingerprint density at radius 2 is 1.97 bits per heavy atom. The molecule has 0 bridgehead atoms. The van der Waals surface area contributed by atoms with Gasteiger partial charge in [0, 0.05) is 5.56 Å². The molecule has 168 valence electrons. The third-order valence-corrected chi connectivity index (χ3v) is 6.18. The summed E-state index contributed by atoms with van der Waals surface area (Å²) in [6, 6.07) is 12.5. The summed E-state index contributed by atoms with van der Waals surface area (Å²) in [6.45, 7) is 5.31. The fourth-order valence-electron chi connectivity index (χ4n) is 3.63. The van der Waals surface area contributed by atoms with E-state index in [-0.39, 0.29) is 17.7 Å². The molecule has 1 unspecified atom stereocenters. The Hall–Kier alpha value is -3.78. The van der Waals surface area contributed by atoms with Crippen LogP contribution in [0.3, 0.4) is 0 Å². The summed E-state index contributed by atoms with van der Waals surface area (Å²) >= 11 is 1.14. The highest BCUT2D eigenvalue weighted by molar-refractivity contribution is 7.07. The SMILES string of the molecule is C=CCOC(=O)C1=C(C)N=c2s/c(=C/c3ccccc3F)c(=O)n2C1c1ccc(OC)cc1. The maximum Gasteiger partial charge on any atom is 0.338 e. The number of nitrogens with zero attached hydrogens (tertiary/aromatic N) is 2. The van der Waals surface area contributed by atoms with E-state index in [9.17, 15) is 14.0 Å². The molecule has 1 aromatic heterocycles. The molecule has 0 aliphatic carbocycles. The molecule has 0 fully saturated rings. The van der Waals surface area contributed by atoms with Gasteiger partial charge in [-0.1, -0.05) is 54.3 Å². The highest BCUT2D eigenvalue weighted by atomic mass is 32.1. The molecule has 0 radical (unpaired) electrons. The maximum atomic E-state index is 14.2. The average molecular weight is 465 g/mol. The second-order valence-corrected chi connectivity index (χ2v) is 8.27. The summed E-state index contributed by atoms with van der Waals surface area (Å²) in [4.78, 5) is 31.4. The van der Waals surface area contributed by atoms with E-state index in [0.29, 0.717) is 31.9 Å². The first-order valence-electron chi connectivity index (χ1n) is 10.1. The Morgan fingerprint density at radius 3 is 2.64 bits per heavy atom. The van der Waals surface area contributed by atoms with Gasteiger partial charge in [0.05, 0.1) is 29.0 Å². The van der Waals surface area contributed by atoms with Crippen LogP contribution < -0.4 is 19.6 Å². The lowest BCUT2D eigenvalue weighted by Crippen LogP contribution is -2.39. The van der Waals surface area contributed by atoms with E-state index in [1.807, 2.05) is 0 Å². The largest absolute Gasteiger partial charge is 0.497 e. The molecule has 1 aliphatic rings. The average Bonchev–Trinajstić information content (AvgIpc) is 3.12. The molecule has 2 aromatic carbocycles. The Morgan fingerprint density at radius 1 is 1.24 bits per heavy atom. The van der Waals surface area contributed by atoms with Crippen molar-refractivity contribution in [2.75, 3.05) is 13.7 Å². The minimum Gasteiger partial charge on any atom is -0.497 e. The number of hydrogen-bond acceptors (Lipinski definition) is 6. The van der Waals surface area contributed by atoms with Gasteiger partial charge in [0.25, 0.3) is 5.56 Å². The molecule has 2 heterocycles. The molecular weight excluding hydrogens is 443 g/mol. The molecule has 0 saturated heterocycles. The number of rotatable bonds is 6. The van der Waals surface area contributed by atoms with Gasteiger partial charge in [-0.15, -0.1) is 0 Å². The molecule has 3 aromatic rings. The molecule has 0 saturated carbocycles. The fourth-order valence-corrected chi connectivity index (χ4v) is 4.67. The van der Waals surface area contributed by atoms with Gasteiger partial charge < -0.3 is 9.47 Å². The van der Waals surface area contributed by atoms with Gasteiger partial charge in [0.15, 0.2) is 4.80 Å². The number of carbonyl (C=O) groups excluding carboxylic acids is 1. The highest BCUT2D eigenvalue weighted by Crippen LogP contribution is 2.31. The van der Waals surface area contributed by atoms with Gasteiger partial charge in [-0.05, 0) is 36.8 Å². The van der Waals surface area contributed by atoms with Crippen molar-refractivity contribution in [2.24, 2.45) is 4.99 Å². The van der Waals surface area contributed by atoms with E-state index in [0.717, 1.165) is 11.3 Å². The summed E-state index contributed by atoms with van der Waals surface area (Å²) in [5.41, 5.74) is 1.32. The minimum absolute atomic E-state index is 0.0304. The number of ether oxygens (including phenoxy) is 2. The first-order chi connectivity index (χ1) is 15.9. The van der Waals surface area contributed by atoms with Gasteiger partial charge >= 0.3 is 5.97 Å². The van der Waals surface area contributed by atoms with Crippen LogP contribution in [0, 0.1) is 5.82 Å². The van der Waals surface area contributed by atoms with E-state index in [4.69, 9.17) is 9.47 Å². The topological polar surface area (TPSA) is 69.9 Å². The molecule has 1 atom stereocenters. The number of carbonyl (C=O) groups is 1. The molecule has 8 heteroatoms. The lowest BCUT2D eigenvalue weighted by atomic mass is 9.96. The van der Waals surface area contributed by atoms with Crippen LogP contribution in [0.2, 0.25) is 0 Å². The zero-order valence-electron chi connectivity index (χ0n) is 18.1. The molecule has 0 amide bonds. The summed E-state index contributed by atoms with van der Waals surface area (Å²) < 4.78 is 26.5. The van der Waals surface area contributed by atoms with Crippen LogP contribution in [0.15, 0.2) is 82.2 Å². The Bertz CT molecular complexity index is 1430. The number of benzene rings is 2. The van der Waals surface area contributed by atoms with Crippen molar-refractivity contribution < 1.29 is 18.7 Å². The first kappa shape index (κ1) is 22.4. The van der Waals surface area contributed by atoms with Crippen molar-refractivity contribution in [3.63, 3.8) is 0 Å². The van der Waals surface area contributed by atoms with E-state index in [2.05, 4.69) is 11.6 Å². The number of thiazole rings is 1. The lowest BCUT2D eigenvalue weighted by Gasteiger charge is -2.24. The van der Waals surface area contributed by atoms with Gasteiger partial charge in [0.2, 0.25) is 0 Å². The van der Waals surface area contributed by atoms with Crippen LogP contribution >= 0.6 is 11.3 Å². The zero-order chi connectivity index (χ0) is 23.5. The molecule has 4 rings (SSSR count). The number of halogens is 1. The normalized spacial score (nSPS) is 15.6. The van der Waals surface area contributed by atoms with Crippen molar-refractivity contribution in [2.45, 2.75) is 13.0 Å². The van der Waals surface area contributed by atoms with Gasteiger partial charge in [-0.2, -0.15) is 0 Å². The predicted octanol–water partition coefficient (Wildman–Crippen LogP) is 3.11. The summed E-state index contributed by atoms with van der Waals surface area (Å²) in [5, 5.41) is 0. The van der Waals surface area contributed by atoms with Gasteiger partial charge in [-0.3, -0.25) is 9.36 Å². The third kappa shape index (κ3) is 4.29. The van der Waals surface area contributed by atoms with Crippen LogP contribution in [0.4, 0.5) is 4.39 Å². The smallest absolute Gasteiger partial charge is 0.338 e. The molecule has 0 N–H and O–H groups in total. The van der Waals surface area contributed by atoms with Crippen molar-refractivity contribution in [1.29, 1.82) is 0 Å². The standard InChI is InChI=1S/C25H21FN2O4S/c1-4-13-32-24(30)21-15(2)27-25-28(22(21)16-9-11-18(31-3)12-10-16)23(29)20(33-25)14-17-7-5-6-8-19(17)26/h4-12,14,22H,1,13H2,2-3H3/b20-14+. The molecule has 1 aliphatic heterocycles. The van der Waals surface area contributed by atoms with Crippen molar-refractivity contribution in [3.05, 3.63) is 109 Å². The van der Waals surface area contributed by atoms with Crippen molar-refractivity contribution in [3.8, 4) is 5.75 Å². The van der Waals surface area contributed by atoms with Crippen LogP contribution in [0.25, 0.3) is 6.08 Å². The number of fused-ring (bicyclic) bond motifs is 1. The lowest BCUT2D eigenvalue weighted by molar-refractivity contribution is -0.138. The van der Waals surface area contributed by atoms with E-state index in [1.165, 1.54) is 22.8 Å². The van der Waals surface area contributed by atoms with Crippen LogP contribution in [-0.4, -0.2) is 24.3 Å². The third-order valence-electron chi connectivity index (χ3n) is 5.20. The minimum atomic E-state index is -0.757. The van der Waals surface area contributed by atoms with E-state index < -0.39 is 17.8 Å². The second-order valence-electron chi connectivity index (χ2n) is 7.26. The number of esters is 1. The monoisotopic (exact) mass is 464 g/mol. The number of aromatic nitrogens is 1. The molecule has 0 spiro atoms. The first-order valence-corrected chi connectivity index (χ1v) is 10.9. The van der Waals surface area contributed by atoms with Crippen molar-refractivity contribution >= 4 is 23.4 Å². The Labute approximate surface area is 193 Å². The Balaban J connectivity index is 1.94. The Kier molecular flexibility index (Phi) is 6.37. The van der Waals surface area contributed by atoms with Crippen LogP contribution in [-0.2, 0) is 9.53 Å². The van der Waals surface area contributed by atoms with Gasteiger partial charge in [-0.25, -0.2) is 14.2 Å². The quantitative estimate of drug-likeness (QED) is 0.415. The van der Waals surface area contributed by atoms with Crippen LogP contribution in [0.1, 0.15) is 24.1 Å². The zero-order valence-corrected chi connectivity index (χ0v) is 18.9. The summed E-state index contributed by atoms with van der Waals surface area (Å²) in [5.74, 6) is -0.373. The van der Waals surface area contributed by atoms with E-state index >= 15 is 0 Å². The highest BCUT2D eigenvalue weighted by Gasteiger charge is 2.33. The number of methoxy groups -OCH3 is 1. The molecular formula is C25H21FN2O4S. The number of allylic oxidation sites excluding steroid dienone is 1. The van der Waals surface area contributed by atoms with E-state index in [1.54, 1.807) is 56.5 Å². The van der Waals surface area contributed by atoms with Crippen molar-refractivity contribution in [1.82, 2.24) is 4.57 Å². The molecule has 6 nitrogen and oxygen atoms in total. The van der Waals surface area contributed by atoms with Gasteiger partial charge in [0.1, 0.15) is 18.2 Å². The number of hydrogen-bond donors (Lipinski definition) is 0. The predicted molar refractivity (Wildman–Crippen MR) is 124 cm³/mol. The maximum absolute atomic E-state index is 14.2. The fraction of sp³-hybridized carbons (Fsp3) is 0.160. The summed E-state index contributed by atoms with van der Waals surface area (Å²) in [6.07, 6.45) is 2.97. The summed E-state index contributed by atoms with van der Waals surface area (Å²) in [7, 11) is 1.56. The molecule has 33 heavy (non-hydrogen) atoms. The van der Waals surface area contributed by atoms with Crippen LogP contribution in [0.5, 0.6) is 5.75 Å². The second kappa shape index (κ2) is 9.38.